The van der Waals surface area contributed by atoms with Crippen LogP contribution in [-0.4, -0.2) is 39.3 Å². The SMILES string of the molecule is C[C@H]1CN(Cc2cc(=O)n(C)c(=O)n2C)C[C@H](C)O1. The highest BCUT2D eigenvalue weighted by Gasteiger charge is 2.23. The lowest BCUT2D eigenvalue weighted by Crippen LogP contribution is -2.46. The molecule has 0 bridgehead atoms. The summed E-state index contributed by atoms with van der Waals surface area (Å²) in [4.78, 5) is 25.8. The maximum absolute atomic E-state index is 11.9. The van der Waals surface area contributed by atoms with Gasteiger partial charge in [0.2, 0.25) is 0 Å². The van der Waals surface area contributed by atoms with E-state index in [1.807, 2.05) is 13.8 Å². The summed E-state index contributed by atoms with van der Waals surface area (Å²) in [7, 11) is 3.19. The highest BCUT2D eigenvalue weighted by atomic mass is 16.5. The van der Waals surface area contributed by atoms with Gasteiger partial charge >= 0.3 is 5.69 Å². The first-order chi connectivity index (χ1) is 8.88. The van der Waals surface area contributed by atoms with E-state index in [0.717, 1.165) is 23.4 Å². The Morgan fingerprint density at radius 3 is 2.32 bits per heavy atom. The molecule has 2 heterocycles. The van der Waals surface area contributed by atoms with E-state index >= 15 is 0 Å². The molecular formula is C13H21N3O3. The van der Waals surface area contributed by atoms with Crippen molar-refractivity contribution in [3.05, 3.63) is 32.6 Å². The Morgan fingerprint density at radius 1 is 1.16 bits per heavy atom. The second kappa shape index (κ2) is 5.30. The Balaban J connectivity index is 2.24. The third kappa shape index (κ3) is 2.96. The normalized spacial score (nSPS) is 24.6. The molecule has 0 amide bonds. The molecule has 0 spiro atoms. The monoisotopic (exact) mass is 267 g/mol. The fourth-order valence-corrected chi connectivity index (χ4v) is 2.57. The van der Waals surface area contributed by atoms with Crippen molar-refractivity contribution in [1.82, 2.24) is 14.0 Å². The van der Waals surface area contributed by atoms with Crippen LogP contribution in [0.15, 0.2) is 15.7 Å². The molecule has 0 unspecified atom stereocenters. The van der Waals surface area contributed by atoms with Crippen molar-refractivity contribution < 1.29 is 4.74 Å². The molecule has 106 valence electrons. The van der Waals surface area contributed by atoms with Crippen molar-refractivity contribution in [3.8, 4) is 0 Å². The van der Waals surface area contributed by atoms with Crippen molar-refractivity contribution in [2.75, 3.05) is 13.1 Å². The average molecular weight is 267 g/mol. The summed E-state index contributed by atoms with van der Waals surface area (Å²) in [5.74, 6) is 0. The summed E-state index contributed by atoms with van der Waals surface area (Å²) in [5.41, 5.74) is 0.207. The van der Waals surface area contributed by atoms with E-state index in [9.17, 15) is 9.59 Å². The smallest absolute Gasteiger partial charge is 0.330 e. The lowest BCUT2D eigenvalue weighted by atomic mass is 10.2. The van der Waals surface area contributed by atoms with Crippen LogP contribution in [0.5, 0.6) is 0 Å². The van der Waals surface area contributed by atoms with Crippen LogP contribution >= 0.6 is 0 Å². The van der Waals surface area contributed by atoms with Gasteiger partial charge in [0.25, 0.3) is 5.56 Å². The molecule has 1 aromatic rings. The van der Waals surface area contributed by atoms with Crippen LogP contribution in [0.3, 0.4) is 0 Å². The third-order valence-corrected chi connectivity index (χ3v) is 3.51. The predicted molar refractivity (Wildman–Crippen MR) is 72.2 cm³/mol. The largest absolute Gasteiger partial charge is 0.373 e. The second-order valence-electron chi connectivity index (χ2n) is 5.33. The molecule has 2 rings (SSSR count). The minimum Gasteiger partial charge on any atom is -0.373 e. The zero-order valence-electron chi connectivity index (χ0n) is 11.9. The lowest BCUT2D eigenvalue weighted by Gasteiger charge is -2.35. The maximum Gasteiger partial charge on any atom is 0.330 e. The van der Waals surface area contributed by atoms with Crippen LogP contribution in [0.1, 0.15) is 19.5 Å². The van der Waals surface area contributed by atoms with Crippen LogP contribution in [0.25, 0.3) is 0 Å². The molecule has 0 N–H and O–H groups in total. The van der Waals surface area contributed by atoms with Gasteiger partial charge in [-0.15, -0.1) is 0 Å². The summed E-state index contributed by atoms with van der Waals surface area (Å²) in [6, 6.07) is 1.53. The molecule has 0 saturated carbocycles. The van der Waals surface area contributed by atoms with Crippen molar-refractivity contribution in [1.29, 1.82) is 0 Å². The summed E-state index contributed by atoms with van der Waals surface area (Å²) >= 11 is 0. The summed E-state index contributed by atoms with van der Waals surface area (Å²) in [6.45, 7) is 6.29. The Morgan fingerprint density at radius 2 is 1.74 bits per heavy atom. The first-order valence-electron chi connectivity index (χ1n) is 6.52. The number of rotatable bonds is 2. The molecule has 6 nitrogen and oxygen atoms in total. The van der Waals surface area contributed by atoms with E-state index < -0.39 is 0 Å². The zero-order chi connectivity index (χ0) is 14.2. The highest BCUT2D eigenvalue weighted by molar-refractivity contribution is 5.02. The van der Waals surface area contributed by atoms with Crippen molar-refractivity contribution in [2.45, 2.75) is 32.6 Å². The number of aromatic nitrogens is 2. The van der Waals surface area contributed by atoms with Gasteiger partial charge in [0, 0.05) is 45.5 Å². The fourth-order valence-electron chi connectivity index (χ4n) is 2.57. The zero-order valence-corrected chi connectivity index (χ0v) is 11.9. The van der Waals surface area contributed by atoms with Gasteiger partial charge in [0.1, 0.15) is 0 Å². The van der Waals surface area contributed by atoms with Gasteiger partial charge < -0.3 is 4.74 Å². The predicted octanol–water partition coefficient (Wildman–Crippen LogP) is -0.307. The Bertz CT molecular complexity index is 565. The Kier molecular flexibility index (Phi) is 3.91. The number of nitrogens with zero attached hydrogens (tertiary/aromatic N) is 3. The molecule has 1 aliphatic heterocycles. The van der Waals surface area contributed by atoms with Gasteiger partial charge in [0.15, 0.2) is 0 Å². The topological polar surface area (TPSA) is 56.5 Å². The van der Waals surface area contributed by atoms with Gasteiger partial charge in [-0.2, -0.15) is 0 Å². The third-order valence-electron chi connectivity index (χ3n) is 3.51. The molecule has 0 aromatic carbocycles. The first kappa shape index (κ1) is 14.0. The van der Waals surface area contributed by atoms with Gasteiger partial charge in [-0.05, 0) is 13.8 Å². The molecule has 6 heteroatoms. The molecule has 19 heavy (non-hydrogen) atoms. The summed E-state index contributed by atoms with van der Waals surface area (Å²) in [5, 5.41) is 0. The molecular weight excluding hydrogens is 246 g/mol. The molecule has 0 radical (unpaired) electrons. The van der Waals surface area contributed by atoms with Crippen LogP contribution in [0.4, 0.5) is 0 Å². The van der Waals surface area contributed by atoms with Gasteiger partial charge in [-0.1, -0.05) is 0 Å². The Labute approximate surface area is 112 Å². The number of hydrogen-bond acceptors (Lipinski definition) is 4. The van der Waals surface area contributed by atoms with E-state index in [-0.39, 0.29) is 23.5 Å². The lowest BCUT2D eigenvalue weighted by molar-refractivity contribution is -0.0710. The summed E-state index contributed by atoms with van der Waals surface area (Å²) < 4.78 is 8.33. The molecule has 2 atom stereocenters. The first-order valence-corrected chi connectivity index (χ1v) is 6.52. The standard InChI is InChI=1S/C13H21N3O3/c1-9-6-16(7-10(2)19-9)8-11-5-12(17)15(4)13(18)14(11)3/h5,9-10H,6-8H2,1-4H3/t9-,10-/m0/s1. The minimum atomic E-state index is -0.281. The van der Waals surface area contributed by atoms with Crippen LogP contribution < -0.4 is 11.2 Å². The second-order valence-corrected chi connectivity index (χ2v) is 5.33. The van der Waals surface area contributed by atoms with Crippen molar-refractivity contribution in [2.24, 2.45) is 14.1 Å². The van der Waals surface area contributed by atoms with Gasteiger partial charge in [-0.3, -0.25) is 18.8 Å². The molecule has 1 fully saturated rings. The Hall–Kier alpha value is -1.40. The van der Waals surface area contributed by atoms with Crippen LogP contribution in [-0.2, 0) is 25.4 Å². The van der Waals surface area contributed by atoms with E-state index in [2.05, 4.69) is 4.90 Å². The van der Waals surface area contributed by atoms with Gasteiger partial charge in [0.05, 0.1) is 12.2 Å². The average Bonchev–Trinajstić information content (AvgIpc) is 2.32. The number of morpholine rings is 1. The minimum absolute atomic E-state index is 0.173. The summed E-state index contributed by atoms with van der Waals surface area (Å²) in [6.07, 6.45) is 0.347. The van der Waals surface area contributed by atoms with Gasteiger partial charge in [-0.25, -0.2) is 4.79 Å². The highest BCUT2D eigenvalue weighted by Crippen LogP contribution is 2.12. The maximum atomic E-state index is 11.9. The number of ether oxygens (including phenoxy) is 1. The number of hydrogen-bond donors (Lipinski definition) is 0. The van der Waals surface area contributed by atoms with E-state index in [1.54, 1.807) is 7.05 Å². The van der Waals surface area contributed by atoms with Crippen molar-refractivity contribution in [3.63, 3.8) is 0 Å². The molecule has 1 aromatic heterocycles. The fraction of sp³-hybridized carbons (Fsp3) is 0.692. The van der Waals surface area contributed by atoms with Crippen LogP contribution in [0, 0.1) is 0 Å². The van der Waals surface area contributed by atoms with E-state index in [4.69, 9.17) is 4.74 Å². The van der Waals surface area contributed by atoms with Crippen LogP contribution in [0.2, 0.25) is 0 Å². The molecule has 1 saturated heterocycles. The van der Waals surface area contributed by atoms with Crippen molar-refractivity contribution >= 4 is 0 Å². The molecule has 1 aliphatic rings. The van der Waals surface area contributed by atoms with E-state index in [0.29, 0.717) is 6.54 Å². The molecule has 0 aliphatic carbocycles. The quantitative estimate of drug-likeness (QED) is 0.738. The van der Waals surface area contributed by atoms with E-state index in [1.165, 1.54) is 17.7 Å².